The first kappa shape index (κ1) is 15.2. The van der Waals surface area contributed by atoms with Crippen molar-refractivity contribution in [3.05, 3.63) is 23.4 Å². The molecule has 0 radical (unpaired) electrons. The van der Waals surface area contributed by atoms with Gasteiger partial charge in [-0.25, -0.2) is 13.4 Å². The predicted molar refractivity (Wildman–Crippen MR) is 80.1 cm³/mol. The maximum Gasteiger partial charge on any atom is 0.211 e. The second-order valence-corrected chi connectivity index (χ2v) is 7.01. The molecule has 0 bridgehead atoms. The molecular formula is C13H22N4O2S. The number of rotatable bonds is 4. The molecule has 2 heterocycles. The van der Waals surface area contributed by atoms with Gasteiger partial charge in [-0.15, -0.1) is 0 Å². The van der Waals surface area contributed by atoms with Crippen molar-refractivity contribution < 1.29 is 8.42 Å². The minimum Gasteiger partial charge on any atom is -0.354 e. The van der Waals surface area contributed by atoms with Crippen molar-refractivity contribution in [2.24, 2.45) is 5.73 Å². The normalized spacial score (nSPS) is 17.4. The number of anilines is 1. The molecule has 2 N–H and O–H groups in total. The summed E-state index contributed by atoms with van der Waals surface area (Å²) in [5.74, 6) is 0.901. The zero-order valence-electron chi connectivity index (χ0n) is 12.0. The van der Waals surface area contributed by atoms with Crippen LogP contribution in [0.3, 0.4) is 0 Å². The van der Waals surface area contributed by atoms with Gasteiger partial charge in [0.25, 0.3) is 0 Å². The third-order valence-electron chi connectivity index (χ3n) is 3.55. The molecule has 1 saturated heterocycles. The molecule has 0 saturated carbocycles. The molecule has 112 valence electrons. The topological polar surface area (TPSA) is 79.5 Å². The molecular weight excluding hydrogens is 276 g/mol. The second-order valence-electron chi connectivity index (χ2n) is 5.03. The zero-order chi connectivity index (χ0) is 14.8. The van der Waals surface area contributed by atoms with Gasteiger partial charge in [0.1, 0.15) is 5.82 Å². The van der Waals surface area contributed by atoms with Crippen LogP contribution in [0, 0.1) is 0 Å². The largest absolute Gasteiger partial charge is 0.354 e. The van der Waals surface area contributed by atoms with Crippen LogP contribution in [0.4, 0.5) is 5.82 Å². The molecule has 1 aliphatic rings. The Morgan fingerprint density at radius 1 is 1.25 bits per heavy atom. The summed E-state index contributed by atoms with van der Waals surface area (Å²) < 4.78 is 24.5. The van der Waals surface area contributed by atoms with E-state index >= 15 is 0 Å². The Labute approximate surface area is 120 Å². The van der Waals surface area contributed by atoms with Crippen LogP contribution < -0.4 is 10.6 Å². The van der Waals surface area contributed by atoms with Crippen molar-refractivity contribution in [2.75, 3.05) is 37.3 Å². The van der Waals surface area contributed by atoms with E-state index in [4.69, 9.17) is 5.73 Å². The smallest absolute Gasteiger partial charge is 0.211 e. The van der Waals surface area contributed by atoms with Gasteiger partial charge in [0.2, 0.25) is 10.0 Å². The Balaban J connectivity index is 2.14. The molecule has 1 aromatic rings. The Hall–Kier alpha value is -1.18. The predicted octanol–water partition coefficient (Wildman–Crippen LogP) is 0.184. The van der Waals surface area contributed by atoms with E-state index in [9.17, 15) is 8.42 Å². The summed E-state index contributed by atoms with van der Waals surface area (Å²) in [5.41, 5.74) is 7.81. The number of nitrogens with zero attached hydrogens (tertiary/aromatic N) is 3. The number of aromatic nitrogens is 1. The zero-order valence-corrected chi connectivity index (χ0v) is 12.9. The van der Waals surface area contributed by atoms with E-state index in [1.165, 1.54) is 10.6 Å². The average Bonchev–Trinajstić information content (AvgIpc) is 2.46. The summed E-state index contributed by atoms with van der Waals surface area (Å²) in [7, 11) is -3.09. The molecule has 0 atom stereocenters. The minimum absolute atomic E-state index is 0.492. The number of pyridine rings is 1. The molecule has 1 fully saturated rings. The highest BCUT2D eigenvalue weighted by Crippen LogP contribution is 2.18. The lowest BCUT2D eigenvalue weighted by molar-refractivity contribution is 0.387. The molecule has 20 heavy (non-hydrogen) atoms. The van der Waals surface area contributed by atoms with Crippen molar-refractivity contribution in [1.29, 1.82) is 0 Å². The van der Waals surface area contributed by atoms with Crippen molar-refractivity contribution in [1.82, 2.24) is 9.29 Å². The van der Waals surface area contributed by atoms with Crippen LogP contribution in [-0.2, 0) is 23.0 Å². The summed E-state index contributed by atoms with van der Waals surface area (Å²) in [4.78, 5) is 6.74. The first-order chi connectivity index (χ1) is 9.44. The SMILES string of the molecule is CCc1cc(CN)cc(N2CCN(S(C)(=O)=O)CC2)n1. The van der Waals surface area contributed by atoms with Crippen molar-refractivity contribution in [3.63, 3.8) is 0 Å². The molecule has 0 amide bonds. The monoisotopic (exact) mass is 298 g/mol. The average molecular weight is 298 g/mol. The maximum atomic E-state index is 11.5. The summed E-state index contributed by atoms with van der Waals surface area (Å²) in [6.45, 7) is 4.90. The van der Waals surface area contributed by atoms with E-state index in [0.717, 1.165) is 23.5 Å². The summed E-state index contributed by atoms with van der Waals surface area (Å²) in [6, 6.07) is 4.02. The molecule has 0 spiro atoms. The Morgan fingerprint density at radius 2 is 1.90 bits per heavy atom. The molecule has 2 rings (SSSR count). The molecule has 0 aromatic carbocycles. The molecule has 7 heteroatoms. The highest BCUT2D eigenvalue weighted by Gasteiger charge is 2.24. The van der Waals surface area contributed by atoms with Gasteiger partial charge < -0.3 is 10.6 Å². The number of sulfonamides is 1. The van der Waals surface area contributed by atoms with Gasteiger partial charge >= 0.3 is 0 Å². The van der Waals surface area contributed by atoms with E-state index in [1.807, 2.05) is 12.1 Å². The van der Waals surface area contributed by atoms with Crippen LogP contribution in [-0.4, -0.2) is 50.1 Å². The number of nitrogens with two attached hydrogens (primary N) is 1. The van der Waals surface area contributed by atoms with Gasteiger partial charge in [-0.3, -0.25) is 0 Å². The van der Waals surface area contributed by atoms with Gasteiger partial charge in [-0.1, -0.05) is 6.92 Å². The third-order valence-corrected chi connectivity index (χ3v) is 4.86. The Bertz CT molecular complexity index is 543. The lowest BCUT2D eigenvalue weighted by atomic mass is 10.2. The first-order valence-corrected chi connectivity index (χ1v) is 8.69. The molecule has 1 aromatic heterocycles. The molecule has 0 aliphatic carbocycles. The fourth-order valence-electron chi connectivity index (χ4n) is 2.34. The van der Waals surface area contributed by atoms with Crippen LogP contribution in [0.1, 0.15) is 18.2 Å². The van der Waals surface area contributed by atoms with Crippen molar-refractivity contribution in [3.8, 4) is 0 Å². The quantitative estimate of drug-likeness (QED) is 0.858. The van der Waals surface area contributed by atoms with Crippen LogP contribution in [0.15, 0.2) is 12.1 Å². The van der Waals surface area contributed by atoms with Crippen molar-refractivity contribution >= 4 is 15.8 Å². The van der Waals surface area contributed by atoms with Crippen LogP contribution in [0.25, 0.3) is 0 Å². The van der Waals surface area contributed by atoms with E-state index in [0.29, 0.717) is 32.7 Å². The number of hydrogen-bond acceptors (Lipinski definition) is 5. The second kappa shape index (κ2) is 6.07. The van der Waals surface area contributed by atoms with Gasteiger partial charge in [0, 0.05) is 38.4 Å². The Kier molecular flexibility index (Phi) is 4.62. The van der Waals surface area contributed by atoms with Gasteiger partial charge in [-0.2, -0.15) is 4.31 Å². The van der Waals surface area contributed by atoms with E-state index in [2.05, 4.69) is 16.8 Å². The van der Waals surface area contributed by atoms with Crippen molar-refractivity contribution in [2.45, 2.75) is 19.9 Å². The minimum atomic E-state index is -3.09. The molecule has 0 unspecified atom stereocenters. The van der Waals surface area contributed by atoms with E-state index in [-0.39, 0.29) is 0 Å². The lowest BCUT2D eigenvalue weighted by Gasteiger charge is -2.34. The maximum absolute atomic E-state index is 11.5. The van der Waals surface area contributed by atoms with Gasteiger partial charge in [0.15, 0.2) is 0 Å². The lowest BCUT2D eigenvalue weighted by Crippen LogP contribution is -2.48. The molecule has 6 nitrogen and oxygen atoms in total. The standard InChI is InChI=1S/C13H22N4O2S/c1-3-12-8-11(10-14)9-13(15-12)16-4-6-17(7-5-16)20(2,18)19/h8-9H,3-7,10,14H2,1-2H3. The number of aryl methyl sites for hydroxylation is 1. The summed E-state index contributed by atoms with van der Waals surface area (Å²) in [5, 5.41) is 0. The number of hydrogen-bond donors (Lipinski definition) is 1. The number of piperazine rings is 1. The fourth-order valence-corrected chi connectivity index (χ4v) is 3.17. The highest BCUT2D eigenvalue weighted by atomic mass is 32.2. The highest BCUT2D eigenvalue weighted by molar-refractivity contribution is 7.88. The van der Waals surface area contributed by atoms with Gasteiger partial charge in [0.05, 0.1) is 6.26 Å². The molecule has 1 aliphatic heterocycles. The first-order valence-electron chi connectivity index (χ1n) is 6.84. The summed E-state index contributed by atoms with van der Waals surface area (Å²) in [6.07, 6.45) is 2.12. The van der Waals surface area contributed by atoms with Crippen LogP contribution >= 0.6 is 0 Å². The third kappa shape index (κ3) is 3.47. The summed E-state index contributed by atoms with van der Waals surface area (Å²) >= 11 is 0. The van der Waals surface area contributed by atoms with Gasteiger partial charge in [-0.05, 0) is 24.1 Å². The van der Waals surface area contributed by atoms with E-state index < -0.39 is 10.0 Å². The van der Waals surface area contributed by atoms with Crippen LogP contribution in [0.2, 0.25) is 0 Å². The van der Waals surface area contributed by atoms with Crippen LogP contribution in [0.5, 0.6) is 0 Å². The Morgan fingerprint density at radius 3 is 2.40 bits per heavy atom. The van der Waals surface area contributed by atoms with E-state index in [1.54, 1.807) is 0 Å². The fraction of sp³-hybridized carbons (Fsp3) is 0.615.